The molecule has 2 N–H and O–H groups in total. The zero-order chi connectivity index (χ0) is 19.5. The second kappa shape index (κ2) is 7.96. The molecule has 0 aliphatic rings. The molecule has 0 atom stereocenters. The molecule has 0 aliphatic carbocycles. The third-order valence-electron chi connectivity index (χ3n) is 4.11. The minimum absolute atomic E-state index is 0.299. The number of halogens is 2. The van der Waals surface area contributed by atoms with E-state index in [1.807, 2.05) is 42.5 Å². The van der Waals surface area contributed by atoms with E-state index in [1.165, 1.54) is 0 Å². The quantitative estimate of drug-likeness (QED) is 0.320. The van der Waals surface area contributed by atoms with E-state index in [1.54, 1.807) is 30.5 Å². The van der Waals surface area contributed by atoms with Crippen LogP contribution in [0.5, 0.6) is 0 Å². The van der Waals surface area contributed by atoms with Gasteiger partial charge in [-0.25, -0.2) is 10.4 Å². The molecule has 138 valence electrons. The van der Waals surface area contributed by atoms with Crippen molar-refractivity contribution >= 4 is 50.7 Å². The molecule has 0 fully saturated rings. The Balaban J connectivity index is 1.51. The summed E-state index contributed by atoms with van der Waals surface area (Å²) in [6.45, 7) is 0. The summed E-state index contributed by atoms with van der Waals surface area (Å²) >= 11 is 9.27. The Morgan fingerprint density at radius 3 is 2.57 bits per heavy atom. The average molecular weight is 454 g/mol. The van der Waals surface area contributed by atoms with Crippen molar-refractivity contribution in [3.05, 3.63) is 87.4 Å². The Bertz CT molecular complexity index is 1170. The number of benzene rings is 3. The molecule has 1 heterocycles. The maximum Gasteiger partial charge on any atom is 0.271 e. The summed E-state index contributed by atoms with van der Waals surface area (Å²) in [5.41, 5.74) is 6.41. The minimum Gasteiger partial charge on any atom is -0.338 e. The number of amides is 1. The molecular weight excluding hydrogens is 440 g/mol. The highest BCUT2D eigenvalue weighted by Crippen LogP contribution is 2.23. The van der Waals surface area contributed by atoms with Crippen molar-refractivity contribution in [1.29, 1.82) is 0 Å². The minimum atomic E-state index is -0.299. The van der Waals surface area contributed by atoms with Gasteiger partial charge in [-0.1, -0.05) is 51.8 Å². The molecule has 0 saturated carbocycles. The Morgan fingerprint density at radius 1 is 1.07 bits per heavy atom. The summed E-state index contributed by atoms with van der Waals surface area (Å²) in [5.74, 6) is 0.452. The lowest BCUT2D eigenvalue weighted by atomic mass is 10.2. The first-order valence-corrected chi connectivity index (χ1v) is 9.60. The van der Waals surface area contributed by atoms with Crippen LogP contribution in [-0.4, -0.2) is 22.1 Å². The van der Waals surface area contributed by atoms with E-state index in [-0.39, 0.29) is 5.91 Å². The topological polar surface area (TPSA) is 70.1 Å². The maximum atomic E-state index is 12.4. The van der Waals surface area contributed by atoms with Gasteiger partial charge in [0, 0.05) is 20.6 Å². The number of rotatable bonds is 4. The van der Waals surface area contributed by atoms with Crippen LogP contribution < -0.4 is 5.43 Å². The molecular formula is C21H14BrClN4O. The lowest BCUT2D eigenvalue weighted by Gasteiger charge is -2.00. The lowest BCUT2D eigenvalue weighted by Crippen LogP contribution is -2.17. The van der Waals surface area contributed by atoms with E-state index in [4.69, 9.17) is 11.6 Å². The van der Waals surface area contributed by atoms with Crippen molar-refractivity contribution in [2.75, 3.05) is 0 Å². The number of hydrogen-bond acceptors (Lipinski definition) is 3. The van der Waals surface area contributed by atoms with Crippen molar-refractivity contribution < 1.29 is 4.79 Å². The molecule has 7 heteroatoms. The number of aromatic amines is 1. The number of nitrogens with one attached hydrogen (secondary N) is 2. The largest absolute Gasteiger partial charge is 0.338 e. The first-order chi connectivity index (χ1) is 13.6. The van der Waals surface area contributed by atoms with E-state index in [0.717, 1.165) is 32.5 Å². The van der Waals surface area contributed by atoms with Gasteiger partial charge in [0.2, 0.25) is 0 Å². The zero-order valence-corrected chi connectivity index (χ0v) is 16.8. The fourth-order valence-corrected chi connectivity index (χ4v) is 3.06. The van der Waals surface area contributed by atoms with Crippen LogP contribution in [0.15, 0.2) is 76.3 Å². The van der Waals surface area contributed by atoms with E-state index in [2.05, 4.69) is 36.4 Å². The molecule has 1 amide bonds. The molecule has 4 aromatic rings. The molecule has 0 bridgehead atoms. The summed E-state index contributed by atoms with van der Waals surface area (Å²) in [4.78, 5) is 20.2. The number of fused-ring (bicyclic) bond motifs is 1. The molecule has 3 aromatic carbocycles. The van der Waals surface area contributed by atoms with Crippen LogP contribution in [0.1, 0.15) is 15.9 Å². The molecule has 0 spiro atoms. The number of aromatic nitrogens is 2. The van der Waals surface area contributed by atoms with Crippen LogP contribution in [0.3, 0.4) is 0 Å². The van der Waals surface area contributed by atoms with Crippen LogP contribution in [0, 0.1) is 0 Å². The highest BCUT2D eigenvalue weighted by molar-refractivity contribution is 9.10. The van der Waals surface area contributed by atoms with E-state index in [0.29, 0.717) is 10.6 Å². The Hall–Kier alpha value is -2.96. The number of H-pyrrole nitrogens is 1. The van der Waals surface area contributed by atoms with Crippen molar-refractivity contribution in [3.63, 3.8) is 0 Å². The number of hydrogen-bond donors (Lipinski definition) is 2. The zero-order valence-electron chi connectivity index (χ0n) is 14.5. The molecule has 0 saturated heterocycles. The van der Waals surface area contributed by atoms with Gasteiger partial charge in [-0.05, 0) is 48.0 Å². The van der Waals surface area contributed by atoms with Gasteiger partial charge in [0.1, 0.15) is 5.82 Å². The Labute approximate surface area is 174 Å². The first kappa shape index (κ1) is 18.4. The number of imidazole rings is 1. The fourth-order valence-electron chi connectivity index (χ4n) is 2.67. The molecule has 1 aromatic heterocycles. The van der Waals surface area contributed by atoms with Crippen molar-refractivity contribution in [2.24, 2.45) is 5.10 Å². The number of carbonyl (C=O) groups excluding carboxylic acids is 1. The van der Waals surface area contributed by atoms with Crippen LogP contribution in [0.25, 0.3) is 22.4 Å². The third kappa shape index (κ3) is 4.13. The highest BCUT2D eigenvalue weighted by atomic mass is 79.9. The van der Waals surface area contributed by atoms with Gasteiger partial charge in [0.15, 0.2) is 0 Å². The standard InChI is InChI=1S/C21H14BrClN4O/c22-16-6-3-14(4-7-16)20-25-18-10-5-15(11-19(18)26-20)21(28)27-24-12-13-1-8-17(23)9-2-13/h1-12H,(H,25,26)(H,27,28)/b24-12-. The molecule has 4 rings (SSSR count). The second-order valence-corrected chi connectivity index (χ2v) is 7.43. The monoisotopic (exact) mass is 452 g/mol. The highest BCUT2D eigenvalue weighted by Gasteiger charge is 2.09. The molecule has 0 unspecified atom stereocenters. The van der Waals surface area contributed by atoms with Gasteiger partial charge in [0.25, 0.3) is 5.91 Å². The van der Waals surface area contributed by atoms with E-state index in [9.17, 15) is 4.79 Å². The Kier molecular flexibility index (Phi) is 5.23. The maximum absolute atomic E-state index is 12.4. The molecule has 5 nitrogen and oxygen atoms in total. The smallest absolute Gasteiger partial charge is 0.271 e. The Morgan fingerprint density at radius 2 is 1.82 bits per heavy atom. The van der Waals surface area contributed by atoms with E-state index < -0.39 is 0 Å². The van der Waals surface area contributed by atoms with Gasteiger partial charge >= 0.3 is 0 Å². The van der Waals surface area contributed by atoms with Crippen molar-refractivity contribution in [3.8, 4) is 11.4 Å². The molecule has 28 heavy (non-hydrogen) atoms. The molecule has 0 aliphatic heterocycles. The van der Waals surface area contributed by atoms with Gasteiger partial charge in [-0.3, -0.25) is 4.79 Å². The summed E-state index contributed by atoms with van der Waals surface area (Å²) in [5, 5.41) is 4.64. The summed E-state index contributed by atoms with van der Waals surface area (Å²) in [7, 11) is 0. The van der Waals surface area contributed by atoms with Crippen LogP contribution in [0.4, 0.5) is 0 Å². The van der Waals surface area contributed by atoms with Crippen LogP contribution >= 0.6 is 27.5 Å². The average Bonchev–Trinajstić information content (AvgIpc) is 3.13. The predicted molar refractivity (Wildman–Crippen MR) is 116 cm³/mol. The van der Waals surface area contributed by atoms with E-state index >= 15 is 0 Å². The van der Waals surface area contributed by atoms with Crippen LogP contribution in [0.2, 0.25) is 5.02 Å². The lowest BCUT2D eigenvalue weighted by molar-refractivity contribution is 0.0955. The summed E-state index contributed by atoms with van der Waals surface area (Å²) < 4.78 is 1.01. The summed E-state index contributed by atoms with van der Waals surface area (Å²) in [6.07, 6.45) is 1.56. The first-order valence-electron chi connectivity index (χ1n) is 8.43. The van der Waals surface area contributed by atoms with Crippen molar-refractivity contribution in [2.45, 2.75) is 0 Å². The van der Waals surface area contributed by atoms with Crippen LogP contribution in [-0.2, 0) is 0 Å². The number of carbonyl (C=O) groups is 1. The SMILES string of the molecule is O=C(N/N=C\c1ccc(Cl)cc1)c1ccc2nc(-c3ccc(Br)cc3)[nH]c2c1. The number of nitrogens with zero attached hydrogens (tertiary/aromatic N) is 2. The van der Waals surface area contributed by atoms with Gasteiger partial charge in [-0.2, -0.15) is 5.10 Å². The van der Waals surface area contributed by atoms with Gasteiger partial charge < -0.3 is 4.98 Å². The molecule has 0 radical (unpaired) electrons. The van der Waals surface area contributed by atoms with Crippen molar-refractivity contribution in [1.82, 2.24) is 15.4 Å². The summed E-state index contributed by atoms with van der Waals surface area (Å²) in [6, 6.07) is 20.3. The number of hydrazone groups is 1. The fraction of sp³-hybridized carbons (Fsp3) is 0. The normalized spacial score (nSPS) is 11.2. The predicted octanol–water partition coefficient (Wildman–Crippen LogP) is 5.41. The second-order valence-electron chi connectivity index (χ2n) is 6.07. The third-order valence-corrected chi connectivity index (χ3v) is 4.89. The van der Waals surface area contributed by atoms with Gasteiger partial charge in [0.05, 0.1) is 17.2 Å². The van der Waals surface area contributed by atoms with Gasteiger partial charge in [-0.15, -0.1) is 0 Å².